The van der Waals surface area contributed by atoms with Crippen LogP contribution in [0.15, 0.2) is 0 Å². The molecule has 1 heterocycles. The molecule has 1 atom stereocenters. The zero-order valence-electron chi connectivity index (χ0n) is 7.72. The van der Waals surface area contributed by atoms with Crippen molar-refractivity contribution in [3.63, 3.8) is 0 Å². The van der Waals surface area contributed by atoms with Gasteiger partial charge in [-0.1, -0.05) is 12.8 Å². The van der Waals surface area contributed by atoms with Gasteiger partial charge in [0.1, 0.15) is 0 Å². The predicted octanol–water partition coefficient (Wildman–Crippen LogP) is 1.70. The van der Waals surface area contributed by atoms with E-state index in [1.165, 1.54) is 38.5 Å². The summed E-state index contributed by atoms with van der Waals surface area (Å²) in [5.41, 5.74) is 0. The van der Waals surface area contributed by atoms with E-state index in [-0.39, 0.29) is 0 Å². The predicted molar refractivity (Wildman–Crippen MR) is 49.2 cm³/mol. The first-order valence-corrected chi connectivity index (χ1v) is 5.30. The lowest BCUT2D eigenvalue weighted by molar-refractivity contribution is 0.107. The van der Waals surface area contributed by atoms with Crippen molar-refractivity contribution in [3.05, 3.63) is 0 Å². The summed E-state index contributed by atoms with van der Waals surface area (Å²) >= 11 is 0. The van der Waals surface area contributed by atoms with Crippen molar-refractivity contribution in [1.82, 2.24) is 5.32 Å². The third kappa shape index (κ3) is 2.20. The van der Waals surface area contributed by atoms with E-state index in [2.05, 4.69) is 5.32 Å². The van der Waals surface area contributed by atoms with Gasteiger partial charge in [0.25, 0.3) is 0 Å². The molecule has 70 valence electrons. The largest absolute Gasteiger partial charge is 0.377 e. The number of nitrogens with one attached hydrogen (secondary N) is 1. The molecule has 2 nitrogen and oxygen atoms in total. The third-order valence-corrected chi connectivity index (χ3v) is 3.01. The molecule has 1 aliphatic heterocycles. The highest BCUT2D eigenvalue weighted by atomic mass is 16.5. The average Bonchev–Trinajstić information content (AvgIpc) is 2.74. The maximum absolute atomic E-state index is 5.55. The lowest BCUT2D eigenvalue weighted by Gasteiger charge is -2.15. The van der Waals surface area contributed by atoms with Crippen LogP contribution in [-0.2, 0) is 4.74 Å². The molecule has 2 rings (SSSR count). The molecule has 0 unspecified atom stereocenters. The minimum Gasteiger partial charge on any atom is -0.377 e. The van der Waals surface area contributed by atoms with Crippen molar-refractivity contribution in [2.75, 3.05) is 13.2 Å². The van der Waals surface area contributed by atoms with Gasteiger partial charge in [0.2, 0.25) is 0 Å². The van der Waals surface area contributed by atoms with Crippen LogP contribution in [0.25, 0.3) is 0 Å². The van der Waals surface area contributed by atoms with E-state index >= 15 is 0 Å². The summed E-state index contributed by atoms with van der Waals surface area (Å²) in [4.78, 5) is 0. The van der Waals surface area contributed by atoms with E-state index in [0.29, 0.717) is 6.10 Å². The summed E-state index contributed by atoms with van der Waals surface area (Å²) in [6.07, 6.45) is 8.65. The van der Waals surface area contributed by atoms with Crippen LogP contribution in [0.3, 0.4) is 0 Å². The molecule has 1 saturated carbocycles. The Morgan fingerprint density at radius 3 is 2.58 bits per heavy atom. The van der Waals surface area contributed by atoms with Gasteiger partial charge in [0, 0.05) is 19.2 Å². The Hall–Kier alpha value is -0.0800. The van der Waals surface area contributed by atoms with Gasteiger partial charge < -0.3 is 10.1 Å². The van der Waals surface area contributed by atoms with Gasteiger partial charge in [-0.25, -0.2) is 0 Å². The van der Waals surface area contributed by atoms with E-state index in [1.807, 2.05) is 0 Å². The van der Waals surface area contributed by atoms with Gasteiger partial charge in [-0.3, -0.25) is 0 Å². The zero-order valence-corrected chi connectivity index (χ0v) is 7.72. The summed E-state index contributed by atoms with van der Waals surface area (Å²) in [6, 6.07) is 0.800. The smallest absolute Gasteiger partial charge is 0.0700 e. The Kier molecular flexibility index (Phi) is 3.01. The molecular weight excluding hydrogens is 150 g/mol. The molecule has 0 aromatic carbocycles. The van der Waals surface area contributed by atoms with Crippen molar-refractivity contribution < 1.29 is 4.74 Å². The molecule has 0 aromatic rings. The number of hydrogen-bond donors (Lipinski definition) is 1. The topological polar surface area (TPSA) is 21.3 Å². The SMILES string of the molecule is C1CCC(NC[C@@H]2CCCO2)C1. The minimum atomic E-state index is 0.519. The maximum Gasteiger partial charge on any atom is 0.0700 e. The van der Waals surface area contributed by atoms with Crippen molar-refractivity contribution in [2.24, 2.45) is 0 Å². The van der Waals surface area contributed by atoms with E-state index < -0.39 is 0 Å². The van der Waals surface area contributed by atoms with Crippen LogP contribution in [0, 0.1) is 0 Å². The second-order valence-electron chi connectivity index (χ2n) is 4.02. The molecule has 0 aromatic heterocycles. The second kappa shape index (κ2) is 4.24. The molecule has 1 saturated heterocycles. The molecule has 0 spiro atoms. The highest BCUT2D eigenvalue weighted by molar-refractivity contribution is 4.76. The molecule has 0 radical (unpaired) electrons. The van der Waals surface area contributed by atoms with E-state index in [1.54, 1.807) is 0 Å². The Balaban J connectivity index is 1.60. The first-order valence-electron chi connectivity index (χ1n) is 5.30. The standard InChI is InChI=1S/C10H19NO/c1-2-5-9(4-1)11-8-10-6-3-7-12-10/h9-11H,1-8H2/t10-/m0/s1. The highest BCUT2D eigenvalue weighted by Gasteiger charge is 2.19. The number of hydrogen-bond acceptors (Lipinski definition) is 2. The molecule has 1 N–H and O–H groups in total. The Morgan fingerprint density at radius 1 is 1.08 bits per heavy atom. The second-order valence-corrected chi connectivity index (χ2v) is 4.02. The van der Waals surface area contributed by atoms with Crippen LogP contribution in [0.5, 0.6) is 0 Å². The van der Waals surface area contributed by atoms with Crippen LogP contribution in [0.2, 0.25) is 0 Å². The van der Waals surface area contributed by atoms with Crippen LogP contribution >= 0.6 is 0 Å². The van der Waals surface area contributed by atoms with E-state index in [4.69, 9.17) is 4.74 Å². The summed E-state index contributed by atoms with van der Waals surface area (Å²) in [5.74, 6) is 0. The number of ether oxygens (including phenoxy) is 1. The van der Waals surface area contributed by atoms with Crippen molar-refractivity contribution in [1.29, 1.82) is 0 Å². The Bertz CT molecular complexity index is 110. The molecule has 2 fully saturated rings. The van der Waals surface area contributed by atoms with Gasteiger partial charge >= 0.3 is 0 Å². The fourth-order valence-electron chi connectivity index (χ4n) is 2.23. The Morgan fingerprint density at radius 2 is 1.92 bits per heavy atom. The molecule has 0 bridgehead atoms. The quantitative estimate of drug-likeness (QED) is 0.694. The van der Waals surface area contributed by atoms with Crippen LogP contribution in [0.1, 0.15) is 38.5 Å². The lowest BCUT2D eigenvalue weighted by atomic mass is 10.2. The van der Waals surface area contributed by atoms with E-state index in [0.717, 1.165) is 19.2 Å². The minimum absolute atomic E-state index is 0.519. The molecule has 12 heavy (non-hydrogen) atoms. The number of rotatable bonds is 3. The normalized spacial score (nSPS) is 31.5. The van der Waals surface area contributed by atoms with Gasteiger partial charge in [0.15, 0.2) is 0 Å². The average molecular weight is 169 g/mol. The molecule has 2 aliphatic rings. The molecular formula is C10H19NO. The Labute approximate surface area is 74.7 Å². The summed E-state index contributed by atoms with van der Waals surface area (Å²) in [5, 5.41) is 3.60. The van der Waals surface area contributed by atoms with Gasteiger partial charge in [-0.05, 0) is 25.7 Å². The van der Waals surface area contributed by atoms with Gasteiger partial charge in [-0.2, -0.15) is 0 Å². The third-order valence-electron chi connectivity index (χ3n) is 3.01. The maximum atomic E-state index is 5.55. The summed E-state index contributed by atoms with van der Waals surface area (Å²) in [6.45, 7) is 2.07. The van der Waals surface area contributed by atoms with Gasteiger partial charge in [0.05, 0.1) is 6.10 Å². The fraction of sp³-hybridized carbons (Fsp3) is 1.00. The summed E-state index contributed by atoms with van der Waals surface area (Å²) < 4.78 is 5.55. The summed E-state index contributed by atoms with van der Waals surface area (Å²) in [7, 11) is 0. The van der Waals surface area contributed by atoms with Crippen molar-refractivity contribution >= 4 is 0 Å². The zero-order chi connectivity index (χ0) is 8.23. The van der Waals surface area contributed by atoms with Crippen molar-refractivity contribution in [2.45, 2.75) is 50.7 Å². The van der Waals surface area contributed by atoms with Crippen LogP contribution in [-0.4, -0.2) is 25.3 Å². The van der Waals surface area contributed by atoms with Crippen LogP contribution < -0.4 is 5.32 Å². The molecule has 2 heteroatoms. The first kappa shape index (κ1) is 8.52. The monoisotopic (exact) mass is 169 g/mol. The fourth-order valence-corrected chi connectivity index (χ4v) is 2.23. The lowest BCUT2D eigenvalue weighted by Crippen LogP contribution is -2.33. The molecule has 1 aliphatic carbocycles. The molecule has 0 amide bonds. The van der Waals surface area contributed by atoms with Gasteiger partial charge in [-0.15, -0.1) is 0 Å². The highest BCUT2D eigenvalue weighted by Crippen LogP contribution is 2.18. The van der Waals surface area contributed by atoms with Crippen LogP contribution in [0.4, 0.5) is 0 Å². The van der Waals surface area contributed by atoms with E-state index in [9.17, 15) is 0 Å². The first-order chi connectivity index (χ1) is 5.95. The van der Waals surface area contributed by atoms with Crippen molar-refractivity contribution in [3.8, 4) is 0 Å².